The van der Waals surface area contributed by atoms with Gasteiger partial charge >= 0.3 is 25.4 Å². The second-order valence-corrected chi connectivity index (χ2v) is 10.2. The van der Waals surface area contributed by atoms with Gasteiger partial charge in [0.05, 0.1) is 19.3 Å². The highest BCUT2D eigenvalue weighted by molar-refractivity contribution is 7.48. The van der Waals surface area contributed by atoms with Crippen molar-refractivity contribution in [2.45, 2.75) is 89.3 Å². The smallest absolute Gasteiger partial charge is 0.453 e. The highest BCUT2D eigenvalue weighted by Crippen LogP contribution is 2.56. The minimum Gasteiger partial charge on any atom is -0.453 e. The van der Waals surface area contributed by atoms with E-state index >= 15 is 8.78 Å². The van der Waals surface area contributed by atoms with Gasteiger partial charge in [0.15, 0.2) is 6.10 Å². The number of phosphoric ester groups is 1. The maximum atomic E-state index is 15.4. The van der Waals surface area contributed by atoms with Crippen molar-refractivity contribution in [2.24, 2.45) is 0 Å². The number of rotatable bonds is 12. The molecule has 3 rings (SSSR count). The summed E-state index contributed by atoms with van der Waals surface area (Å²) in [7, 11) is -3.98. The van der Waals surface area contributed by atoms with E-state index in [1.54, 1.807) is 6.92 Å². The quantitative estimate of drug-likeness (QED) is 0.245. The van der Waals surface area contributed by atoms with Gasteiger partial charge in [0.25, 0.3) is 0 Å². The minimum atomic E-state index is -3.98. The van der Waals surface area contributed by atoms with E-state index in [2.05, 4.69) is 11.9 Å². The Balaban J connectivity index is 1.72. The summed E-state index contributed by atoms with van der Waals surface area (Å²) in [5, 5.41) is 0. The number of halogens is 2. The molecule has 3 heterocycles. The van der Waals surface area contributed by atoms with E-state index in [9.17, 15) is 14.2 Å². The van der Waals surface area contributed by atoms with Crippen molar-refractivity contribution in [3.8, 4) is 0 Å². The fourth-order valence-corrected chi connectivity index (χ4v) is 5.23. The SMILES string of the molecule is CCCCCCCCC(=O)O[C@@H]1[C@@H](COP2(=O)OCC(C)O2)O[C@@H](n2ccc(N)nc2=O)C1(F)F. The number of anilines is 1. The summed E-state index contributed by atoms with van der Waals surface area (Å²) in [5.41, 5.74) is 4.37. The van der Waals surface area contributed by atoms with E-state index in [1.807, 2.05) is 0 Å². The zero-order valence-corrected chi connectivity index (χ0v) is 20.7. The number of hydrogen-bond acceptors (Lipinski definition) is 10. The number of phosphoric acid groups is 1. The van der Waals surface area contributed by atoms with Gasteiger partial charge in [-0.3, -0.25) is 22.9 Å². The van der Waals surface area contributed by atoms with Gasteiger partial charge < -0.3 is 15.2 Å². The highest BCUT2D eigenvalue weighted by Gasteiger charge is 2.63. The molecule has 2 aliphatic rings. The van der Waals surface area contributed by atoms with Crippen LogP contribution in [0.1, 0.15) is 65.0 Å². The van der Waals surface area contributed by atoms with Gasteiger partial charge in [0.1, 0.15) is 11.9 Å². The minimum absolute atomic E-state index is 0.00472. The predicted molar refractivity (Wildman–Crippen MR) is 120 cm³/mol. The van der Waals surface area contributed by atoms with Crippen LogP contribution in [-0.4, -0.2) is 53.0 Å². The number of nitrogens with two attached hydrogens (primary N) is 1. The lowest BCUT2D eigenvalue weighted by atomic mass is 10.1. The van der Waals surface area contributed by atoms with Crippen molar-refractivity contribution in [3.05, 3.63) is 22.7 Å². The Kier molecular flexibility index (Phi) is 9.39. The number of nitrogen functional groups attached to an aromatic ring is 1. The first-order chi connectivity index (χ1) is 16.6. The Morgan fingerprint density at radius 3 is 2.69 bits per heavy atom. The maximum Gasteiger partial charge on any atom is 0.475 e. The third-order valence-electron chi connectivity index (χ3n) is 5.62. The largest absolute Gasteiger partial charge is 0.475 e. The molecule has 2 aliphatic heterocycles. The van der Waals surface area contributed by atoms with Crippen LogP contribution in [0.3, 0.4) is 0 Å². The number of carbonyl (C=O) groups is 1. The lowest BCUT2D eigenvalue weighted by molar-refractivity contribution is -0.176. The zero-order valence-electron chi connectivity index (χ0n) is 19.8. The average molecular weight is 523 g/mol. The van der Waals surface area contributed by atoms with E-state index in [0.29, 0.717) is 11.0 Å². The van der Waals surface area contributed by atoms with E-state index in [1.165, 1.54) is 0 Å². The molecule has 11 nitrogen and oxygen atoms in total. The van der Waals surface area contributed by atoms with E-state index < -0.39 is 56.6 Å². The third-order valence-corrected chi connectivity index (χ3v) is 7.17. The Morgan fingerprint density at radius 2 is 2.03 bits per heavy atom. The fourth-order valence-electron chi connectivity index (χ4n) is 3.81. The van der Waals surface area contributed by atoms with Gasteiger partial charge in [-0.1, -0.05) is 39.0 Å². The van der Waals surface area contributed by atoms with Gasteiger partial charge in [0.2, 0.25) is 6.23 Å². The van der Waals surface area contributed by atoms with E-state index in [-0.39, 0.29) is 18.8 Å². The normalized spacial score (nSPS) is 29.9. The van der Waals surface area contributed by atoms with Crippen LogP contribution in [0.2, 0.25) is 0 Å². The third kappa shape index (κ3) is 7.07. The number of aromatic nitrogens is 2. The number of unbranched alkanes of at least 4 members (excludes halogenated alkanes) is 5. The summed E-state index contributed by atoms with van der Waals surface area (Å²) in [5.74, 6) is -4.83. The summed E-state index contributed by atoms with van der Waals surface area (Å²) < 4.78 is 69.6. The maximum absolute atomic E-state index is 15.4. The number of ether oxygens (including phenoxy) is 2. The van der Waals surface area contributed by atoms with Crippen LogP contribution in [0.15, 0.2) is 17.1 Å². The summed E-state index contributed by atoms with van der Waals surface area (Å²) in [6.07, 6.45) is 0.00493. The van der Waals surface area contributed by atoms with Gasteiger partial charge in [-0.15, -0.1) is 0 Å². The van der Waals surface area contributed by atoms with Crippen molar-refractivity contribution in [2.75, 3.05) is 18.9 Å². The molecule has 1 aromatic rings. The molecule has 0 saturated carbocycles. The Labute approximate surface area is 201 Å². The second kappa shape index (κ2) is 11.9. The molecule has 0 radical (unpaired) electrons. The first-order valence-electron chi connectivity index (χ1n) is 11.7. The molecule has 0 amide bonds. The molecule has 35 heavy (non-hydrogen) atoms. The highest BCUT2D eigenvalue weighted by atomic mass is 31.2. The molecule has 5 atom stereocenters. The lowest BCUT2D eigenvalue weighted by Crippen LogP contribution is -2.44. The Hall–Kier alpha value is -1.92. The Bertz CT molecular complexity index is 978. The molecular formula is C21H32F2N3O8P. The lowest BCUT2D eigenvalue weighted by Gasteiger charge is -2.24. The standard InChI is InChI=1S/C21H32F2N3O8P/c1-3-4-5-6-7-8-9-17(27)33-18-15(13-31-35(29)30-12-14(2)34-35)32-19(21(18,22)23)26-11-10-16(24)25-20(26)28/h10-11,14-15,18-19H,3-9,12-13H2,1-2H3,(H2,24,25,28)/t14?,15-,18-,19-,35?/m1/s1. The van der Waals surface area contributed by atoms with E-state index in [0.717, 1.165) is 44.4 Å². The van der Waals surface area contributed by atoms with Crippen molar-refractivity contribution in [1.29, 1.82) is 0 Å². The molecule has 198 valence electrons. The molecule has 1 aromatic heterocycles. The first-order valence-corrected chi connectivity index (χ1v) is 13.2. The topological polar surface area (TPSA) is 141 Å². The van der Waals surface area contributed by atoms with Crippen molar-refractivity contribution in [3.63, 3.8) is 0 Å². The summed E-state index contributed by atoms with van der Waals surface area (Å²) >= 11 is 0. The number of carbonyl (C=O) groups excluding carboxylic acids is 1. The molecule has 0 bridgehead atoms. The van der Waals surface area contributed by atoms with Crippen LogP contribution in [0, 0.1) is 0 Å². The van der Waals surface area contributed by atoms with Crippen LogP contribution in [0.4, 0.5) is 14.6 Å². The fraction of sp³-hybridized carbons (Fsp3) is 0.762. The van der Waals surface area contributed by atoms with Crippen LogP contribution < -0.4 is 11.4 Å². The average Bonchev–Trinajstić information content (AvgIpc) is 3.25. The zero-order chi connectivity index (χ0) is 25.6. The first kappa shape index (κ1) is 27.7. The monoisotopic (exact) mass is 523 g/mol. The molecular weight excluding hydrogens is 491 g/mol. The molecule has 2 fully saturated rings. The van der Waals surface area contributed by atoms with Gasteiger partial charge in [0, 0.05) is 12.6 Å². The van der Waals surface area contributed by atoms with Crippen LogP contribution in [-0.2, 0) is 32.4 Å². The number of alkyl halides is 2. The van der Waals surface area contributed by atoms with Gasteiger partial charge in [-0.2, -0.15) is 13.8 Å². The number of esters is 1. The molecule has 0 aromatic carbocycles. The number of nitrogens with zero attached hydrogens (tertiary/aromatic N) is 2. The van der Waals surface area contributed by atoms with Crippen molar-refractivity contribution < 1.29 is 41.2 Å². The van der Waals surface area contributed by atoms with Crippen LogP contribution in [0.25, 0.3) is 0 Å². The van der Waals surface area contributed by atoms with Crippen molar-refractivity contribution >= 4 is 19.6 Å². The van der Waals surface area contributed by atoms with Crippen molar-refractivity contribution in [1.82, 2.24) is 9.55 Å². The molecule has 2 saturated heterocycles. The molecule has 14 heteroatoms. The molecule has 0 aliphatic carbocycles. The molecule has 0 spiro atoms. The summed E-state index contributed by atoms with van der Waals surface area (Å²) in [6, 6.07) is 1.16. The van der Waals surface area contributed by atoms with Gasteiger partial charge in [-0.05, 0) is 19.4 Å². The van der Waals surface area contributed by atoms with Crippen LogP contribution >= 0.6 is 7.82 Å². The summed E-state index contributed by atoms with van der Waals surface area (Å²) in [6.45, 7) is 3.00. The predicted octanol–water partition coefficient (Wildman–Crippen LogP) is 3.58. The summed E-state index contributed by atoms with van der Waals surface area (Å²) in [4.78, 5) is 28.0. The van der Waals surface area contributed by atoms with E-state index in [4.69, 9.17) is 28.8 Å². The van der Waals surface area contributed by atoms with Crippen LogP contribution in [0.5, 0.6) is 0 Å². The Morgan fingerprint density at radius 1 is 1.31 bits per heavy atom. The molecule has 2 N–H and O–H groups in total. The second-order valence-electron chi connectivity index (χ2n) is 8.63. The number of hydrogen-bond donors (Lipinski definition) is 1. The molecule has 2 unspecified atom stereocenters. The van der Waals surface area contributed by atoms with Gasteiger partial charge in [-0.25, -0.2) is 9.36 Å².